The highest BCUT2D eigenvalue weighted by Gasteiger charge is 2.71. The molecule has 6 heteroatoms. The molecule has 30 heavy (non-hydrogen) atoms. The second kappa shape index (κ2) is 6.84. The summed E-state index contributed by atoms with van der Waals surface area (Å²) in [5.41, 5.74) is -2.70. The van der Waals surface area contributed by atoms with Crippen LogP contribution in [0.2, 0.25) is 0 Å². The molecule has 0 heterocycles. The lowest BCUT2D eigenvalue weighted by molar-refractivity contribution is -0.196. The number of ether oxygens (including phenoxy) is 1. The van der Waals surface area contributed by atoms with Gasteiger partial charge in [-0.2, -0.15) is 0 Å². The second-order valence-electron chi connectivity index (χ2n) is 10.3. The lowest BCUT2D eigenvalue weighted by Gasteiger charge is -2.61. The van der Waals surface area contributed by atoms with Crippen LogP contribution in [0.25, 0.3) is 0 Å². The molecule has 1 N–H and O–H groups in total. The zero-order valence-electron chi connectivity index (χ0n) is 18.1. The van der Waals surface area contributed by atoms with Crippen LogP contribution in [-0.4, -0.2) is 41.0 Å². The summed E-state index contributed by atoms with van der Waals surface area (Å²) in [7, 11) is 0. The van der Waals surface area contributed by atoms with Gasteiger partial charge in [-0.05, 0) is 62.0 Å². The van der Waals surface area contributed by atoms with Gasteiger partial charge in [-0.25, -0.2) is 4.39 Å². The second-order valence-corrected chi connectivity index (χ2v) is 10.3. The van der Waals surface area contributed by atoms with Gasteiger partial charge in [-0.15, -0.1) is 0 Å². The number of aliphatic hydroxyl groups is 1. The third-order valence-electron chi connectivity index (χ3n) is 8.75. The van der Waals surface area contributed by atoms with E-state index in [4.69, 9.17) is 4.74 Å². The molecule has 0 aromatic heterocycles. The lowest BCUT2D eigenvalue weighted by Crippen LogP contribution is -2.66. The van der Waals surface area contributed by atoms with E-state index in [0.29, 0.717) is 19.3 Å². The van der Waals surface area contributed by atoms with Crippen LogP contribution < -0.4 is 0 Å². The third-order valence-corrected chi connectivity index (χ3v) is 8.75. The molecule has 0 radical (unpaired) electrons. The Kier molecular flexibility index (Phi) is 4.88. The first kappa shape index (κ1) is 21.4. The Balaban J connectivity index is 1.71. The number of fused-ring (bicyclic) bond motifs is 5. The molecule has 0 saturated heterocycles. The maximum absolute atomic E-state index is 17.0. The van der Waals surface area contributed by atoms with E-state index in [1.807, 2.05) is 13.8 Å². The standard InChI is InChI=1S/C24H31FO5/c1-13-9-18-17-6-5-15-10-16(27)7-8-23(15,4)24(17,25)20(29)11-22(18,3)21(13)19(28)12-30-14(2)26/h7-8,10,13,17-18,20-21,29H,5-6,9,11-12H2,1-4H3/t13?,17-,18-,20?,21+,22-,23-,24-/m0/s1. The monoisotopic (exact) mass is 418 g/mol. The van der Waals surface area contributed by atoms with Crippen molar-refractivity contribution in [3.8, 4) is 0 Å². The first-order valence-electron chi connectivity index (χ1n) is 10.9. The maximum Gasteiger partial charge on any atom is 0.303 e. The fourth-order valence-corrected chi connectivity index (χ4v) is 7.53. The quantitative estimate of drug-likeness (QED) is 0.711. The first-order valence-corrected chi connectivity index (χ1v) is 10.9. The van der Waals surface area contributed by atoms with Gasteiger partial charge >= 0.3 is 5.97 Å². The number of halogens is 1. The van der Waals surface area contributed by atoms with Crippen LogP contribution >= 0.6 is 0 Å². The predicted molar refractivity (Wildman–Crippen MR) is 108 cm³/mol. The van der Waals surface area contributed by atoms with Crippen LogP contribution in [0.4, 0.5) is 4.39 Å². The molecule has 0 aliphatic heterocycles. The van der Waals surface area contributed by atoms with E-state index >= 15 is 4.39 Å². The molecule has 4 aliphatic rings. The van der Waals surface area contributed by atoms with E-state index in [2.05, 4.69) is 0 Å². The molecule has 0 aromatic rings. The summed E-state index contributed by atoms with van der Waals surface area (Å²) >= 11 is 0. The number of allylic oxidation sites excluding steroid dienone is 4. The Hall–Kier alpha value is -1.82. The minimum absolute atomic E-state index is 0.0193. The number of alkyl halides is 1. The molecule has 0 amide bonds. The van der Waals surface area contributed by atoms with Crippen LogP contribution in [-0.2, 0) is 19.1 Å². The largest absolute Gasteiger partial charge is 0.458 e. The highest BCUT2D eigenvalue weighted by atomic mass is 19.1. The molecule has 3 saturated carbocycles. The molecule has 8 atom stereocenters. The summed E-state index contributed by atoms with van der Waals surface area (Å²) in [5.74, 6) is -1.60. The number of Topliss-reactive ketones (excluding diaryl/α,β-unsaturated/α-hetero) is 1. The van der Waals surface area contributed by atoms with Crippen molar-refractivity contribution in [3.05, 3.63) is 23.8 Å². The van der Waals surface area contributed by atoms with Crippen LogP contribution in [0.1, 0.15) is 53.4 Å². The van der Waals surface area contributed by atoms with Gasteiger partial charge in [0.1, 0.15) is 6.61 Å². The third kappa shape index (κ3) is 2.72. The summed E-state index contributed by atoms with van der Waals surface area (Å²) in [6.45, 7) is 6.79. The average molecular weight is 419 g/mol. The van der Waals surface area contributed by atoms with E-state index in [1.54, 1.807) is 13.0 Å². The minimum atomic E-state index is -1.88. The summed E-state index contributed by atoms with van der Waals surface area (Å²) in [5, 5.41) is 11.2. The van der Waals surface area contributed by atoms with Gasteiger partial charge in [0.25, 0.3) is 0 Å². The summed E-state index contributed by atoms with van der Waals surface area (Å²) in [6.07, 6.45) is 5.38. The van der Waals surface area contributed by atoms with Gasteiger partial charge in [-0.3, -0.25) is 14.4 Å². The van der Waals surface area contributed by atoms with E-state index in [0.717, 1.165) is 5.57 Å². The highest BCUT2D eigenvalue weighted by Crippen LogP contribution is 2.69. The molecule has 4 aliphatic carbocycles. The molecule has 0 spiro atoms. The van der Waals surface area contributed by atoms with Crippen molar-refractivity contribution in [1.29, 1.82) is 0 Å². The SMILES string of the molecule is CC(=O)OCC(=O)[C@H]1C(C)C[C@H]2[C@@H]3CCC4=CC(=O)C=C[C@]4(C)[C@@]3(F)C(O)C[C@]12C. The Morgan fingerprint density at radius 2 is 2.00 bits per heavy atom. The van der Waals surface area contributed by atoms with Crippen molar-refractivity contribution in [2.45, 2.75) is 65.2 Å². The van der Waals surface area contributed by atoms with E-state index in [9.17, 15) is 19.5 Å². The van der Waals surface area contributed by atoms with Gasteiger partial charge in [0.15, 0.2) is 17.2 Å². The number of carbonyl (C=O) groups excluding carboxylic acids is 3. The van der Waals surface area contributed by atoms with Crippen LogP contribution in [0.15, 0.2) is 23.8 Å². The fraction of sp³-hybridized carbons (Fsp3) is 0.708. The van der Waals surface area contributed by atoms with Gasteiger partial charge in [0.05, 0.1) is 6.10 Å². The topological polar surface area (TPSA) is 80.7 Å². The predicted octanol–water partition coefficient (Wildman–Crippen LogP) is 3.35. The Morgan fingerprint density at radius 3 is 2.67 bits per heavy atom. The Morgan fingerprint density at radius 1 is 1.30 bits per heavy atom. The number of esters is 1. The molecule has 164 valence electrons. The molecule has 4 rings (SSSR count). The van der Waals surface area contributed by atoms with Gasteiger partial charge in [0.2, 0.25) is 0 Å². The minimum Gasteiger partial charge on any atom is -0.458 e. The zero-order chi connectivity index (χ0) is 22.1. The van der Waals surface area contributed by atoms with Crippen molar-refractivity contribution in [3.63, 3.8) is 0 Å². The highest BCUT2D eigenvalue weighted by molar-refractivity contribution is 6.01. The van der Waals surface area contributed by atoms with Crippen molar-refractivity contribution >= 4 is 17.5 Å². The smallest absolute Gasteiger partial charge is 0.303 e. The molecule has 0 bridgehead atoms. The van der Waals surface area contributed by atoms with E-state index in [1.165, 1.54) is 19.1 Å². The van der Waals surface area contributed by atoms with Crippen molar-refractivity contribution in [2.75, 3.05) is 6.61 Å². The molecule has 5 nitrogen and oxygen atoms in total. The molecule has 0 aromatic carbocycles. The average Bonchev–Trinajstić information content (AvgIpc) is 2.91. The first-order chi connectivity index (χ1) is 13.9. The summed E-state index contributed by atoms with van der Waals surface area (Å²) in [4.78, 5) is 36.1. The fourth-order valence-electron chi connectivity index (χ4n) is 7.53. The molecular formula is C24H31FO5. The molecule has 3 fully saturated rings. The lowest BCUT2D eigenvalue weighted by atomic mass is 9.45. The number of hydrogen-bond donors (Lipinski definition) is 1. The summed E-state index contributed by atoms with van der Waals surface area (Å²) in [6, 6.07) is 0. The number of aliphatic hydroxyl groups excluding tert-OH is 1. The number of rotatable bonds is 3. The van der Waals surface area contributed by atoms with E-state index < -0.39 is 34.5 Å². The van der Waals surface area contributed by atoms with Crippen molar-refractivity contribution < 1.29 is 28.6 Å². The van der Waals surface area contributed by atoms with E-state index in [-0.39, 0.29) is 42.3 Å². The van der Waals surface area contributed by atoms with Gasteiger partial charge < -0.3 is 9.84 Å². The van der Waals surface area contributed by atoms with Gasteiger partial charge in [0, 0.05) is 24.2 Å². The van der Waals surface area contributed by atoms with Crippen LogP contribution in [0, 0.1) is 34.5 Å². The van der Waals surface area contributed by atoms with Crippen molar-refractivity contribution in [1.82, 2.24) is 0 Å². The molecular weight excluding hydrogens is 387 g/mol. The number of ketones is 2. The van der Waals surface area contributed by atoms with Crippen LogP contribution in [0.3, 0.4) is 0 Å². The Labute approximate surface area is 176 Å². The maximum atomic E-state index is 17.0. The van der Waals surface area contributed by atoms with Crippen molar-refractivity contribution in [2.24, 2.45) is 34.5 Å². The number of hydrogen-bond acceptors (Lipinski definition) is 5. The number of carbonyl (C=O) groups is 3. The Bertz CT molecular complexity index is 862. The normalized spacial score (nSPS) is 47.1. The summed E-state index contributed by atoms with van der Waals surface area (Å²) < 4.78 is 21.9. The van der Waals surface area contributed by atoms with Crippen LogP contribution in [0.5, 0.6) is 0 Å². The zero-order valence-corrected chi connectivity index (χ0v) is 18.1. The molecule has 2 unspecified atom stereocenters. The van der Waals surface area contributed by atoms with Gasteiger partial charge in [-0.1, -0.05) is 25.5 Å².